The topological polar surface area (TPSA) is 94.6 Å². The number of benzene rings is 1. The molecule has 0 unspecified atom stereocenters. The molecule has 0 amide bonds. The molecular weight excluding hydrogens is 484 g/mol. The molecule has 7 nitrogen and oxygen atoms in total. The van der Waals surface area contributed by atoms with Crippen LogP contribution in [0, 0.1) is 6.92 Å². The summed E-state index contributed by atoms with van der Waals surface area (Å²) in [6.45, 7) is 7.76. The SMILES string of the molecule is Cc1nc(N[C@@H](COC(C)(C)C)C(=O)OC2CCCC2)sc1-c1ccc(Cl)c(S(C)(=O)=O)c1. The highest BCUT2D eigenvalue weighted by Crippen LogP contribution is 2.36. The van der Waals surface area contributed by atoms with E-state index >= 15 is 0 Å². The number of thiazole rings is 1. The first-order valence-electron chi connectivity index (χ1n) is 10.9. The van der Waals surface area contributed by atoms with Gasteiger partial charge in [0, 0.05) is 6.26 Å². The summed E-state index contributed by atoms with van der Waals surface area (Å²) in [6, 6.07) is 4.17. The predicted molar refractivity (Wildman–Crippen MR) is 132 cm³/mol. The fourth-order valence-corrected chi connectivity index (χ4v) is 5.87. The summed E-state index contributed by atoms with van der Waals surface area (Å²) in [6.07, 6.45) is 4.99. The molecule has 0 radical (unpaired) electrons. The fourth-order valence-electron chi connectivity index (χ4n) is 3.56. The Morgan fingerprint density at radius 1 is 1.30 bits per heavy atom. The van der Waals surface area contributed by atoms with Crippen LogP contribution in [0.1, 0.15) is 52.1 Å². The minimum absolute atomic E-state index is 0.0477. The van der Waals surface area contributed by atoms with Crippen LogP contribution in [0.2, 0.25) is 5.02 Å². The number of nitrogens with one attached hydrogen (secondary N) is 1. The fraction of sp³-hybridized carbons (Fsp3) is 0.565. The largest absolute Gasteiger partial charge is 0.461 e. The number of aromatic nitrogens is 1. The second-order valence-electron chi connectivity index (χ2n) is 9.31. The van der Waals surface area contributed by atoms with E-state index < -0.39 is 21.5 Å². The first-order chi connectivity index (χ1) is 15.3. The highest BCUT2D eigenvalue weighted by molar-refractivity contribution is 7.90. The monoisotopic (exact) mass is 514 g/mol. The number of rotatable bonds is 8. The third kappa shape index (κ3) is 7.15. The van der Waals surface area contributed by atoms with Gasteiger partial charge in [-0.3, -0.25) is 0 Å². The molecule has 1 aliphatic carbocycles. The zero-order valence-corrected chi connectivity index (χ0v) is 22.0. The summed E-state index contributed by atoms with van der Waals surface area (Å²) < 4.78 is 35.7. The lowest BCUT2D eigenvalue weighted by molar-refractivity contribution is -0.152. The van der Waals surface area contributed by atoms with Crippen molar-refractivity contribution < 1.29 is 22.7 Å². The molecule has 33 heavy (non-hydrogen) atoms. The normalized spacial score (nSPS) is 16.1. The van der Waals surface area contributed by atoms with Crippen molar-refractivity contribution in [3.63, 3.8) is 0 Å². The Morgan fingerprint density at radius 3 is 2.58 bits per heavy atom. The summed E-state index contributed by atoms with van der Waals surface area (Å²) in [7, 11) is -3.47. The molecule has 0 aliphatic heterocycles. The van der Waals surface area contributed by atoms with Gasteiger partial charge in [-0.2, -0.15) is 0 Å². The zero-order chi connectivity index (χ0) is 24.4. The first-order valence-corrected chi connectivity index (χ1v) is 14.0. The van der Waals surface area contributed by atoms with Crippen LogP contribution >= 0.6 is 22.9 Å². The molecule has 1 aromatic carbocycles. The molecule has 1 fully saturated rings. The number of esters is 1. The van der Waals surface area contributed by atoms with E-state index in [1.54, 1.807) is 18.2 Å². The second kappa shape index (κ2) is 10.3. The van der Waals surface area contributed by atoms with E-state index in [-0.39, 0.29) is 28.6 Å². The van der Waals surface area contributed by atoms with Crippen molar-refractivity contribution in [1.29, 1.82) is 0 Å². The number of nitrogens with zero attached hydrogens (tertiary/aromatic N) is 1. The van der Waals surface area contributed by atoms with Crippen LogP contribution in [0.5, 0.6) is 0 Å². The van der Waals surface area contributed by atoms with E-state index in [2.05, 4.69) is 10.3 Å². The lowest BCUT2D eigenvalue weighted by Gasteiger charge is -2.25. The van der Waals surface area contributed by atoms with E-state index in [0.29, 0.717) is 16.4 Å². The van der Waals surface area contributed by atoms with Crippen molar-refractivity contribution in [2.24, 2.45) is 0 Å². The van der Waals surface area contributed by atoms with Gasteiger partial charge in [0.1, 0.15) is 12.1 Å². The Bertz CT molecular complexity index is 1100. The standard InChI is InChI=1S/C23H31ClN2O5S2/c1-14-20(15-10-11-17(24)19(12-15)33(5,28)29)32-22(25-14)26-18(13-30-23(2,3)4)21(27)31-16-8-6-7-9-16/h10-12,16,18H,6-9,13H2,1-5H3,(H,25,26)/t18-/m0/s1. The molecule has 0 saturated heterocycles. The number of sulfone groups is 1. The number of aryl methyl sites for hydroxylation is 1. The van der Waals surface area contributed by atoms with Gasteiger partial charge in [-0.25, -0.2) is 18.2 Å². The Hall–Kier alpha value is -1.68. The van der Waals surface area contributed by atoms with Crippen molar-refractivity contribution in [1.82, 2.24) is 4.98 Å². The van der Waals surface area contributed by atoms with Crippen molar-refractivity contribution >= 4 is 43.9 Å². The maximum absolute atomic E-state index is 12.9. The Labute approximate surface area is 204 Å². The van der Waals surface area contributed by atoms with Crippen molar-refractivity contribution in [2.45, 2.75) is 76.0 Å². The van der Waals surface area contributed by atoms with Crippen LogP contribution in [0.15, 0.2) is 23.1 Å². The molecule has 1 aliphatic rings. The summed E-state index contributed by atoms with van der Waals surface area (Å²) >= 11 is 7.43. The Kier molecular flexibility index (Phi) is 8.09. The summed E-state index contributed by atoms with van der Waals surface area (Å²) in [5, 5.41) is 3.88. The molecule has 1 atom stereocenters. The van der Waals surface area contributed by atoms with Gasteiger partial charge in [0.05, 0.1) is 32.7 Å². The highest BCUT2D eigenvalue weighted by Gasteiger charge is 2.28. The van der Waals surface area contributed by atoms with Crippen LogP contribution < -0.4 is 5.32 Å². The van der Waals surface area contributed by atoms with Gasteiger partial charge in [0.2, 0.25) is 0 Å². The van der Waals surface area contributed by atoms with Gasteiger partial charge >= 0.3 is 5.97 Å². The van der Waals surface area contributed by atoms with Crippen molar-refractivity contribution in [3.8, 4) is 10.4 Å². The number of carbonyl (C=O) groups is 1. The Morgan fingerprint density at radius 2 is 1.97 bits per heavy atom. The van der Waals surface area contributed by atoms with Gasteiger partial charge in [0.15, 0.2) is 15.0 Å². The van der Waals surface area contributed by atoms with Crippen LogP contribution in [0.25, 0.3) is 10.4 Å². The molecular formula is C23H31ClN2O5S2. The summed E-state index contributed by atoms with van der Waals surface area (Å²) in [5.74, 6) is -0.355. The number of hydrogen-bond donors (Lipinski definition) is 1. The molecule has 2 aromatic rings. The average Bonchev–Trinajstić information content (AvgIpc) is 3.33. The minimum Gasteiger partial charge on any atom is -0.461 e. The third-order valence-corrected chi connectivity index (χ3v) is 7.96. The molecule has 1 saturated carbocycles. The van der Waals surface area contributed by atoms with Gasteiger partial charge in [-0.15, -0.1) is 0 Å². The van der Waals surface area contributed by atoms with Crippen LogP contribution in [-0.4, -0.2) is 50.0 Å². The van der Waals surface area contributed by atoms with Gasteiger partial charge in [-0.1, -0.05) is 29.0 Å². The number of ether oxygens (including phenoxy) is 2. The van der Waals surface area contributed by atoms with Crippen molar-refractivity contribution in [2.75, 3.05) is 18.2 Å². The average molecular weight is 515 g/mol. The number of carbonyl (C=O) groups excluding carboxylic acids is 1. The quantitative estimate of drug-likeness (QED) is 0.480. The number of anilines is 1. The minimum atomic E-state index is -3.47. The first kappa shape index (κ1) is 25.9. The molecule has 1 aromatic heterocycles. The molecule has 0 bridgehead atoms. The predicted octanol–water partition coefficient (Wildman–Crippen LogP) is 5.26. The lowest BCUT2D eigenvalue weighted by atomic mass is 10.2. The van der Waals surface area contributed by atoms with E-state index in [0.717, 1.165) is 36.8 Å². The molecule has 3 rings (SSSR count). The van der Waals surface area contributed by atoms with E-state index in [9.17, 15) is 13.2 Å². The third-order valence-electron chi connectivity index (χ3n) is 5.24. The number of hydrogen-bond acceptors (Lipinski definition) is 8. The second-order valence-corrected chi connectivity index (χ2v) is 12.7. The lowest BCUT2D eigenvalue weighted by Crippen LogP contribution is -2.39. The molecule has 10 heteroatoms. The molecule has 182 valence electrons. The van der Waals surface area contributed by atoms with Gasteiger partial charge in [-0.05, 0) is 71.1 Å². The van der Waals surface area contributed by atoms with Gasteiger partial charge < -0.3 is 14.8 Å². The van der Waals surface area contributed by atoms with Crippen LogP contribution in [0.3, 0.4) is 0 Å². The van der Waals surface area contributed by atoms with E-state index in [1.807, 2.05) is 27.7 Å². The summed E-state index contributed by atoms with van der Waals surface area (Å²) in [4.78, 5) is 18.3. The Balaban J connectivity index is 1.83. The van der Waals surface area contributed by atoms with E-state index in [1.165, 1.54) is 11.3 Å². The smallest absolute Gasteiger partial charge is 0.331 e. The van der Waals surface area contributed by atoms with Crippen molar-refractivity contribution in [3.05, 3.63) is 28.9 Å². The zero-order valence-electron chi connectivity index (χ0n) is 19.6. The van der Waals surface area contributed by atoms with E-state index in [4.69, 9.17) is 21.1 Å². The molecule has 1 N–H and O–H groups in total. The maximum Gasteiger partial charge on any atom is 0.331 e. The van der Waals surface area contributed by atoms with Crippen LogP contribution in [-0.2, 0) is 24.1 Å². The van der Waals surface area contributed by atoms with Crippen LogP contribution in [0.4, 0.5) is 5.13 Å². The maximum atomic E-state index is 12.9. The summed E-state index contributed by atoms with van der Waals surface area (Å²) in [5.41, 5.74) is 0.992. The molecule has 0 spiro atoms. The molecule has 1 heterocycles. The van der Waals surface area contributed by atoms with Gasteiger partial charge in [0.25, 0.3) is 0 Å². The highest BCUT2D eigenvalue weighted by atomic mass is 35.5. The number of halogens is 1.